The summed E-state index contributed by atoms with van der Waals surface area (Å²) in [6.45, 7) is 7.60. The van der Waals surface area contributed by atoms with E-state index in [0.717, 1.165) is 32.5 Å². The Labute approximate surface area is 132 Å². The van der Waals surface area contributed by atoms with E-state index in [1.54, 1.807) is 0 Å². The Hall–Kier alpha value is -0.580. The maximum atomic E-state index is 5.95. The quantitative estimate of drug-likeness (QED) is 0.864. The van der Waals surface area contributed by atoms with Gasteiger partial charge in [-0.15, -0.1) is 0 Å². The van der Waals surface area contributed by atoms with Crippen LogP contribution in [0.25, 0.3) is 0 Å². The summed E-state index contributed by atoms with van der Waals surface area (Å²) in [5.74, 6) is 0. The monoisotopic (exact) mass is 308 g/mol. The molecule has 1 aliphatic heterocycles. The SMILES string of the molecule is CSC1(C(N)=S)CCN(Cc2c(C)cccc2C)CC1. The van der Waals surface area contributed by atoms with E-state index < -0.39 is 0 Å². The van der Waals surface area contributed by atoms with Crippen LogP contribution in [0.15, 0.2) is 18.2 Å². The van der Waals surface area contributed by atoms with E-state index in [9.17, 15) is 0 Å². The first kappa shape index (κ1) is 15.8. The molecule has 0 amide bonds. The summed E-state index contributed by atoms with van der Waals surface area (Å²) >= 11 is 7.10. The molecule has 110 valence electrons. The number of likely N-dealkylation sites (tertiary alicyclic amines) is 1. The third-order valence-corrected chi connectivity index (χ3v) is 6.46. The molecule has 0 radical (unpaired) electrons. The van der Waals surface area contributed by atoms with E-state index in [-0.39, 0.29) is 4.75 Å². The van der Waals surface area contributed by atoms with Crippen LogP contribution in [-0.2, 0) is 6.54 Å². The van der Waals surface area contributed by atoms with Crippen molar-refractivity contribution in [1.29, 1.82) is 0 Å². The molecule has 1 saturated heterocycles. The second-order valence-electron chi connectivity index (χ2n) is 5.71. The van der Waals surface area contributed by atoms with Crippen LogP contribution >= 0.6 is 24.0 Å². The standard InChI is InChI=1S/C16H24N2S2/c1-12-5-4-6-13(2)14(12)11-18-9-7-16(20-3,8-10-18)15(17)19/h4-6H,7-11H2,1-3H3,(H2,17,19). The molecular formula is C16H24N2S2. The van der Waals surface area contributed by atoms with E-state index in [2.05, 4.69) is 43.2 Å². The van der Waals surface area contributed by atoms with Crippen LogP contribution in [0.5, 0.6) is 0 Å². The van der Waals surface area contributed by atoms with Crippen LogP contribution in [0.2, 0.25) is 0 Å². The first-order valence-electron chi connectivity index (χ1n) is 7.11. The molecule has 4 heteroatoms. The molecule has 1 aromatic carbocycles. The minimum atomic E-state index is 0.0204. The molecule has 0 saturated carbocycles. The highest BCUT2D eigenvalue weighted by Gasteiger charge is 2.36. The summed E-state index contributed by atoms with van der Waals surface area (Å²) in [5.41, 5.74) is 10.2. The number of hydrogen-bond donors (Lipinski definition) is 1. The predicted molar refractivity (Wildman–Crippen MR) is 93.5 cm³/mol. The molecule has 2 rings (SSSR count). The Morgan fingerprint density at radius 3 is 2.30 bits per heavy atom. The first-order chi connectivity index (χ1) is 9.48. The zero-order chi connectivity index (χ0) is 14.8. The lowest BCUT2D eigenvalue weighted by atomic mass is 9.94. The average Bonchev–Trinajstić information content (AvgIpc) is 2.43. The summed E-state index contributed by atoms with van der Waals surface area (Å²) in [5, 5.41) is 0. The van der Waals surface area contributed by atoms with Gasteiger partial charge in [-0.05, 0) is 49.6 Å². The third kappa shape index (κ3) is 3.18. The summed E-state index contributed by atoms with van der Waals surface area (Å²) in [4.78, 5) is 3.21. The Morgan fingerprint density at radius 1 is 1.30 bits per heavy atom. The molecule has 1 aliphatic rings. The van der Waals surface area contributed by atoms with E-state index in [4.69, 9.17) is 18.0 Å². The summed E-state index contributed by atoms with van der Waals surface area (Å²) in [6, 6.07) is 6.54. The molecule has 0 atom stereocenters. The summed E-state index contributed by atoms with van der Waals surface area (Å²) < 4.78 is 0.0204. The summed E-state index contributed by atoms with van der Waals surface area (Å²) in [6.07, 6.45) is 4.25. The van der Waals surface area contributed by atoms with Gasteiger partial charge in [-0.1, -0.05) is 30.4 Å². The van der Waals surface area contributed by atoms with Crippen LogP contribution < -0.4 is 5.73 Å². The summed E-state index contributed by atoms with van der Waals surface area (Å²) in [7, 11) is 0. The lowest BCUT2D eigenvalue weighted by Gasteiger charge is -2.40. The van der Waals surface area contributed by atoms with Crippen LogP contribution in [-0.4, -0.2) is 34.0 Å². The van der Waals surface area contributed by atoms with Crippen molar-refractivity contribution in [1.82, 2.24) is 4.90 Å². The van der Waals surface area contributed by atoms with Gasteiger partial charge in [0.25, 0.3) is 0 Å². The number of hydrogen-bond acceptors (Lipinski definition) is 3. The van der Waals surface area contributed by atoms with Gasteiger partial charge in [-0.25, -0.2) is 0 Å². The third-order valence-electron chi connectivity index (χ3n) is 4.53. The Kier molecular flexibility index (Phi) is 5.10. The lowest BCUT2D eigenvalue weighted by Crippen LogP contribution is -2.49. The van der Waals surface area contributed by atoms with E-state index in [1.807, 2.05) is 11.8 Å². The highest BCUT2D eigenvalue weighted by Crippen LogP contribution is 2.35. The van der Waals surface area contributed by atoms with Crippen LogP contribution in [0, 0.1) is 13.8 Å². The molecule has 1 heterocycles. The van der Waals surface area contributed by atoms with Crippen molar-refractivity contribution >= 4 is 29.0 Å². The Balaban J connectivity index is 2.03. The molecule has 2 nitrogen and oxygen atoms in total. The molecule has 0 unspecified atom stereocenters. The van der Waals surface area contributed by atoms with E-state index in [0.29, 0.717) is 4.99 Å². The smallest absolute Gasteiger partial charge is 0.0891 e. The van der Waals surface area contributed by atoms with Gasteiger partial charge in [-0.3, -0.25) is 4.90 Å². The minimum Gasteiger partial charge on any atom is -0.392 e. The Morgan fingerprint density at radius 2 is 1.85 bits per heavy atom. The topological polar surface area (TPSA) is 29.3 Å². The van der Waals surface area contributed by atoms with Gasteiger partial charge in [-0.2, -0.15) is 11.8 Å². The zero-order valence-corrected chi connectivity index (χ0v) is 14.2. The van der Waals surface area contributed by atoms with Crippen molar-refractivity contribution in [2.45, 2.75) is 38.0 Å². The van der Waals surface area contributed by atoms with Crippen LogP contribution in [0.3, 0.4) is 0 Å². The van der Waals surface area contributed by atoms with Crippen molar-refractivity contribution < 1.29 is 0 Å². The van der Waals surface area contributed by atoms with E-state index >= 15 is 0 Å². The average molecular weight is 309 g/mol. The van der Waals surface area contributed by atoms with Crippen LogP contribution in [0.1, 0.15) is 29.5 Å². The van der Waals surface area contributed by atoms with Crippen LogP contribution in [0.4, 0.5) is 0 Å². The van der Waals surface area contributed by atoms with Crippen molar-refractivity contribution in [3.63, 3.8) is 0 Å². The van der Waals surface area contributed by atoms with Crippen molar-refractivity contribution in [3.8, 4) is 0 Å². The largest absolute Gasteiger partial charge is 0.392 e. The van der Waals surface area contributed by atoms with E-state index in [1.165, 1.54) is 16.7 Å². The fourth-order valence-corrected chi connectivity index (χ4v) is 4.19. The maximum Gasteiger partial charge on any atom is 0.0891 e. The highest BCUT2D eigenvalue weighted by atomic mass is 32.2. The second-order valence-corrected chi connectivity index (χ2v) is 7.34. The van der Waals surface area contributed by atoms with Crippen molar-refractivity contribution in [2.75, 3.05) is 19.3 Å². The molecule has 0 spiro atoms. The zero-order valence-electron chi connectivity index (χ0n) is 12.6. The molecule has 0 bridgehead atoms. The number of piperidine rings is 1. The molecule has 1 aromatic rings. The molecule has 1 fully saturated rings. The van der Waals surface area contributed by atoms with Gasteiger partial charge in [0.2, 0.25) is 0 Å². The van der Waals surface area contributed by atoms with Crippen molar-refractivity contribution in [2.24, 2.45) is 5.73 Å². The van der Waals surface area contributed by atoms with Gasteiger partial charge in [0.1, 0.15) is 0 Å². The number of thiocarbonyl (C=S) groups is 1. The highest BCUT2D eigenvalue weighted by molar-refractivity contribution is 8.02. The number of benzene rings is 1. The van der Waals surface area contributed by atoms with Gasteiger partial charge in [0, 0.05) is 19.6 Å². The molecular weight excluding hydrogens is 284 g/mol. The maximum absolute atomic E-state index is 5.95. The Bertz CT molecular complexity index is 471. The molecule has 0 aromatic heterocycles. The normalized spacial score (nSPS) is 18.9. The van der Waals surface area contributed by atoms with Gasteiger partial charge in [0.05, 0.1) is 9.74 Å². The molecule has 2 N–H and O–H groups in total. The van der Waals surface area contributed by atoms with Crippen molar-refractivity contribution in [3.05, 3.63) is 34.9 Å². The fourth-order valence-electron chi connectivity index (χ4n) is 2.95. The number of thioether (sulfide) groups is 1. The lowest BCUT2D eigenvalue weighted by molar-refractivity contribution is 0.212. The van der Waals surface area contributed by atoms with Gasteiger partial charge >= 0.3 is 0 Å². The predicted octanol–water partition coefficient (Wildman–Crippen LogP) is 3.29. The number of rotatable bonds is 4. The fraction of sp³-hybridized carbons (Fsp3) is 0.562. The number of nitrogens with two attached hydrogens (primary N) is 1. The molecule has 0 aliphatic carbocycles. The number of nitrogens with zero attached hydrogens (tertiary/aromatic N) is 1. The molecule has 20 heavy (non-hydrogen) atoms. The number of aryl methyl sites for hydroxylation is 2. The minimum absolute atomic E-state index is 0.0204. The van der Waals surface area contributed by atoms with Gasteiger partial charge < -0.3 is 5.73 Å². The van der Waals surface area contributed by atoms with Gasteiger partial charge in [0.15, 0.2) is 0 Å². The first-order valence-corrected chi connectivity index (χ1v) is 8.74. The second kappa shape index (κ2) is 6.46.